The first-order valence-corrected chi connectivity index (χ1v) is 7.70. The maximum Gasteiger partial charge on any atom is 0.272 e. The summed E-state index contributed by atoms with van der Waals surface area (Å²) in [6, 6.07) is 5.54. The average Bonchev–Trinajstić information content (AvgIpc) is 2.98. The highest BCUT2D eigenvalue weighted by molar-refractivity contribution is 5.39. The third-order valence-corrected chi connectivity index (χ3v) is 3.86. The third kappa shape index (κ3) is 3.34. The molecule has 0 aromatic carbocycles. The lowest BCUT2D eigenvalue weighted by atomic mass is 10.3. The van der Waals surface area contributed by atoms with E-state index >= 15 is 0 Å². The number of fused-ring (bicyclic) bond motifs is 1. The molecule has 0 saturated carbocycles. The van der Waals surface area contributed by atoms with Crippen LogP contribution in [0.3, 0.4) is 0 Å². The number of aryl methyl sites for hydroxylation is 3. The molecule has 122 valence electrons. The van der Waals surface area contributed by atoms with Crippen LogP contribution >= 0.6 is 0 Å². The molecular weight excluding hydrogens is 292 g/mol. The van der Waals surface area contributed by atoms with Crippen LogP contribution < -0.4 is 5.56 Å². The second-order valence-corrected chi connectivity index (χ2v) is 6.11. The van der Waals surface area contributed by atoms with Crippen LogP contribution in [0.15, 0.2) is 23.0 Å². The van der Waals surface area contributed by atoms with Gasteiger partial charge in [0, 0.05) is 36.6 Å². The first-order chi connectivity index (χ1) is 10.9. The molecule has 0 radical (unpaired) electrons. The van der Waals surface area contributed by atoms with Crippen LogP contribution in [0.25, 0.3) is 5.65 Å². The Morgan fingerprint density at radius 2 is 2.00 bits per heavy atom. The predicted octanol–water partition coefficient (Wildman–Crippen LogP) is 1.28. The van der Waals surface area contributed by atoms with Crippen LogP contribution in [0.4, 0.5) is 0 Å². The maximum atomic E-state index is 12.1. The van der Waals surface area contributed by atoms with Gasteiger partial charge in [-0.2, -0.15) is 5.10 Å². The number of nitrogens with zero attached hydrogens (tertiary/aromatic N) is 5. The number of nitrogens with one attached hydrogen (secondary N) is 1. The van der Waals surface area contributed by atoms with Gasteiger partial charge in [0.2, 0.25) is 0 Å². The highest BCUT2D eigenvalue weighted by atomic mass is 16.1. The van der Waals surface area contributed by atoms with E-state index in [9.17, 15) is 4.79 Å². The van der Waals surface area contributed by atoms with Gasteiger partial charge >= 0.3 is 0 Å². The molecule has 23 heavy (non-hydrogen) atoms. The summed E-state index contributed by atoms with van der Waals surface area (Å²) in [7, 11) is 2.03. The van der Waals surface area contributed by atoms with E-state index in [0.717, 1.165) is 35.9 Å². The highest BCUT2D eigenvalue weighted by Gasteiger charge is 2.08. The summed E-state index contributed by atoms with van der Waals surface area (Å²) in [6.45, 7) is 8.27. The Morgan fingerprint density at radius 3 is 2.70 bits per heavy atom. The van der Waals surface area contributed by atoms with Crippen molar-refractivity contribution in [1.29, 1.82) is 0 Å². The van der Waals surface area contributed by atoms with E-state index < -0.39 is 0 Å². The number of aromatic nitrogens is 5. The third-order valence-electron chi connectivity index (χ3n) is 3.86. The molecule has 3 aromatic heterocycles. The minimum Gasteiger partial charge on any atom is -0.299 e. The summed E-state index contributed by atoms with van der Waals surface area (Å²) >= 11 is 0. The minimum atomic E-state index is -0.0787. The molecule has 0 unspecified atom stereocenters. The van der Waals surface area contributed by atoms with Crippen LogP contribution in [0.5, 0.6) is 0 Å². The average molecular weight is 314 g/mol. The molecule has 0 aliphatic heterocycles. The molecule has 0 aliphatic carbocycles. The van der Waals surface area contributed by atoms with E-state index in [0.29, 0.717) is 12.2 Å². The number of hydrogen-bond donors (Lipinski definition) is 1. The Labute approximate surface area is 134 Å². The number of rotatable bonds is 5. The van der Waals surface area contributed by atoms with Gasteiger partial charge in [-0.3, -0.25) is 19.5 Å². The zero-order valence-electron chi connectivity index (χ0n) is 14.0. The Balaban J connectivity index is 1.69. The molecule has 3 heterocycles. The van der Waals surface area contributed by atoms with Crippen LogP contribution in [0.1, 0.15) is 22.8 Å². The topological polar surface area (TPSA) is 71.2 Å². The molecular formula is C16H22N6O. The lowest BCUT2D eigenvalue weighted by molar-refractivity contribution is 0.300. The van der Waals surface area contributed by atoms with E-state index in [-0.39, 0.29) is 5.56 Å². The maximum absolute atomic E-state index is 12.1. The van der Waals surface area contributed by atoms with Crippen molar-refractivity contribution in [3.05, 3.63) is 51.3 Å². The molecule has 0 amide bonds. The monoisotopic (exact) mass is 314 g/mol. The van der Waals surface area contributed by atoms with Crippen molar-refractivity contribution in [1.82, 2.24) is 29.3 Å². The summed E-state index contributed by atoms with van der Waals surface area (Å²) in [5.74, 6) is 0. The van der Waals surface area contributed by atoms with Crippen molar-refractivity contribution in [2.75, 3.05) is 13.6 Å². The van der Waals surface area contributed by atoms with Gasteiger partial charge in [-0.15, -0.1) is 0 Å². The zero-order valence-corrected chi connectivity index (χ0v) is 14.0. The summed E-state index contributed by atoms with van der Waals surface area (Å²) in [4.78, 5) is 18.8. The van der Waals surface area contributed by atoms with Gasteiger partial charge in [-0.05, 0) is 33.9 Å². The van der Waals surface area contributed by atoms with E-state index in [2.05, 4.69) is 33.1 Å². The summed E-state index contributed by atoms with van der Waals surface area (Å²) in [5, 5.41) is 7.44. The molecule has 3 aromatic rings. The number of likely N-dealkylation sites (N-methyl/N-ethyl adjacent to an activating group) is 1. The first kappa shape index (κ1) is 15.5. The lowest BCUT2D eigenvalue weighted by Crippen LogP contribution is -2.25. The smallest absolute Gasteiger partial charge is 0.272 e. The lowest BCUT2D eigenvalue weighted by Gasteiger charge is -2.16. The molecule has 0 aliphatic rings. The molecule has 7 nitrogen and oxygen atoms in total. The van der Waals surface area contributed by atoms with Gasteiger partial charge in [-0.1, -0.05) is 0 Å². The molecule has 7 heteroatoms. The van der Waals surface area contributed by atoms with Crippen molar-refractivity contribution in [3.8, 4) is 0 Å². The van der Waals surface area contributed by atoms with Crippen molar-refractivity contribution >= 4 is 5.65 Å². The number of H-pyrrole nitrogens is 1. The molecule has 0 saturated heterocycles. The van der Waals surface area contributed by atoms with Gasteiger partial charge in [0.25, 0.3) is 5.56 Å². The van der Waals surface area contributed by atoms with E-state index in [1.165, 1.54) is 4.52 Å². The van der Waals surface area contributed by atoms with E-state index in [1.54, 1.807) is 6.07 Å². The number of aromatic amines is 1. The Bertz CT molecular complexity index is 888. The highest BCUT2D eigenvalue weighted by Crippen LogP contribution is 2.05. The van der Waals surface area contributed by atoms with Crippen molar-refractivity contribution in [2.24, 2.45) is 0 Å². The van der Waals surface area contributed by atoms with E-state index in [4.69, 9.17) is 0 Å². The summed E-state index contributed by atoms with van der Waals surface area (Å²) < 4.78 is 3.47. The first-order valence-electron chi connectivity index (χ1n) is 7.70. The number of hydrogen-bond acceptors (Lipinski definition) is 4. The summed E-state index contributed by atoms with van der Waals surface area (Å²) in [5.41, 5.74) is 4.49. The molecule has 3 rings (SSSR count). The molecule has 0 fully saturated rings. The second kappa shape index (κ2) is 6.00. The fourth-order valence-electron chi connectivity index (χ4n) is 2.76. The molecule has 1 N–H and O–H groups in total. The van der Waals surface area contributed by atoms with Gasteiger partial charge in [0.05, 0.1) is 17.9 Å². The summed E-state index contributed by atoms with van der Waals surface area (Å²) in [6.07, 6.45) is 0. The molecule has 0 spiro atoms. The predicted molar refractivity (Wildman–Crippen MR) is 88.6 cm³/mol. The van der Waals surface area contributed by atoms with E-state index in [1.807, 2.05) is 31.6 Å². The van der Waals surface area contributed by atoms with Crippen LogP contribution in [-0.2, 0) is 13.1 Å². The Morgan fingerprint density at radius 1 is 1.22 bits per heavy atom. The van der Waals surface area contributed by atoms with Crippen molar-refractivity contribution in [3.63, 3.8) is 0 Å². The van der Waals surface area contributed by atoms with Crippen molar-refractivity contribution < 1.29 is 0 Å². The normalized spacial score (nSPS) is 11.7. The van der Waals surface area contributed by atoms with Crippen LogP contribution in [0.2, 0.25) is 0 Å². The largest absolute Gasteiger partial charge is 0.299 e. The Hall–Kier alpha value is -2.41. The standard InChI is InChI=1S/C16H22N6O/c1-11-7-13(3)21(18-11)6-5-20(4)10-14-9-16(23)22-15(17-14)8-12(2)19-22/h7-9,19H,5-6,10H2,1-4H3. The van der Waals surface area contributed by atoms with Gasteiger partial charge < -0.3 is 0 Å². The Kier molecular flexibility index (Phi) is 4.04. The van der Waals surface area contributed by atoms with Crippen LogP contribution in [-0.4, -0.2) is 42.9 Å². The molecule has 0 atom stereocenters. The fraction of sp³-hybridized carbons (Fsp3) is 0.438. The zero-order chi connectivity index (χ0) is 16.6. The minimum absolute atomic E-state index is 0.0787. The SMILES string of the molecule is Cc1cc(C)n(CCN(C)Cc2cc(=O)n3[nH]c(C)cc3n2)n1. The van der Waals surface area contributed by atoms with Gasteiger partial charge in [-0.25, -0.2) is 9.50 Å². The quantitative estimate of drug-likeness (QED) is 0.770. The van der Waals surface area contributed by atoms with Gasteiger partial charge in [0.15, 0.2) is 5.65 Å². The van der Waals surface area contributed by atoms with Crippen molar-refractivity contribution in [2.45, 2.75) is 33.9 Å². The second-order valence-electron chi connectivity index (χ2n) is 6.11. The fourth-order valence-corrected chi connectivity index (χ4v) is 2.76. The molecule has 0 bridgehead atoms. The van der Waals surface area contributed by atoms with Gasteiger partial charge in [0.1, 0.15) is 0 Å². The van der Waals surface area contributed by atoms with Crippen LogP contribution in [0, 0.1) is 20.8 Å².